The number of halogens is 1. The topological polar surface area (TPSA) is 67.2 Å². The van der Waals surface area contributed by atoms with E-state index in [4.69, 9.17) is 29.6 Å². The first-order chi connectivity index (χ1) is 8.40. The fraction of sp³-hybridized carbons (Fsp3) is 0.333. The number of nitrogens with two attached hydrogens (primary N) is 1. The van der Waals surface area contributed by atoms with Crippen LogP contribution in [0.5, 0.6) is 0 Å². The molecule has 6 heteroatoms. The molecule has 0 saturated heterocycles. The van der Waals surface area contributed by atoms with Crippen molar-refractivity contribution in [2.45, 2.75) is 19.9 Å². The Morgan fingerprint density at radius 3 is 2.33 bits per heavy atom. The molecule has 0 aliphatic carbocycles. The first-order valence-corrected chi connectivity index (χ1v) is 6.31. The summed E-state index contributed by atoms with van der Waals surface area (Å²) in [7, 11) is 0. The van der Waals surface area contributed by atoms with E-state index in [9.17, 15) is 4.79 Å². The van der Waals surface area contributed by atoms with Gasteiger partial charge in [0.25, 0.3) is 0 Å². The largest absolute Gasteiger partial charge is 0.392 e. The van der Waals surface area contributed by atoms with E-state index in [1.54, 1.807) is 24.3 Å². The maximum Gasteiger partial charge on any atom is 0.319 e. The molecule has 1 aromatic carbocycles. The van der Waals surface area contributed by atoms with Gasteiger partial charge in [0, 0.05) is 10.7 Å². The molecule has 0 radical (unpaired) electrons. The standard InChI is InChI=1S/C12H16ClN3OS/c1-7(2)10(11(14)18)16-12(17)15-9-5-3-8(13)4-6-9/h3-7,10H,1-2H3,(H2,14,18)(H2,15,16,17). The molecule has 4 nitrogen and oxygen atoms in total. The van der Waals surface area contributed by atoms with Crippen molar-refractivity contribution in [2.75, 3.05) is 5.32 Å². The lowest BCUT2D eigenvalue weighted by Gasteiger charge is -2.21. The van der Waals surface area contributed by atoms with Crippen LogP contribution in [-0.2, 0) is 0 Å². The average molecular weight is 286 g/mol. The highest BCUT2D eigenvalue weighted by molar-refractivity contribution is 7.80. The van der Waals surface area contributed by atoms with Crippen LogP contribution >= 0.6 is 23.8 Å². The predicted molar refractivity (Wildman–Crippen MR) is 79.0 cm³/mol. The van der Waals surface area contributed by atoms with Gasteiger partial charge in [0.05, 0.1) is 11.0 Å². The monoisotopic (exact) mass is 285 g/mol. The zero-order valence-electron chi connectivity index (χ0n) is 10.2. The van der Waals surface area contributed by atoms with Gasteiger partial charge in [0.1, 0.15) is 0 Å². The van der Waals surface area contributed by atoms with Crippen molar-refractivity contribution in [3.8, 4) is 0 Å². The van der Waals surface area contributed by atoms with Crippen LogP contribution in [0.3, 0.4) is 0 Å². The third-order valence-corrected chi connectivity index (χ3v) is 2.87. The molecule has 0 aliphatic rings. The van der Waals surface area contributed by atoms with Gasteiger partial charge in [0.15, 0.2) is 0 Å². The Labute approximate surface area is 117 Å². The summed E-state index contributed by atoms with van der Waals surface area (Å²) in [5, 5.41) is 6.03. The Balaban J connectivity index is 2.60. The number of urea groups is 1. The summed E-state index contributed by atoms with van der Waals surface area (Å²) in [4.78, 5) is 12.0. The van der Waals surface area contributed by atoms with Crippen LogP contribution in [0.1, 0.15) is 13.8 Å². The maximum atomic E-state index is 11.7. The molecule has 18 heavy (non-hydrogen) atoms. The van der Waals surface area contributed by atoms with Crippen LogP contribution in [0.25, 0.3) is 0 Å². The first-order valence-electron chi connectivity index (χ1n) is 5.52. The van der Waals surface area contributed by atoms with Gasteiger partial charge in [-0.1, -0.05) is 37.7 Å². The lowest BCUT2D eigenvalue weighted by atomic mass is 10.1. The van der Waals surface area contributed by atoms with Crippen molar-refractivity contribution >= 4 is 40.5 Å². The summed E-state index contributed by atoms with van der Waals surface area (Å²) < 4.78 is 0. The third kappa shape index (κ3) is 4.50. The van der Waals surface area contributed by atoms with Crippen molar-refractivity contribution in [3.63, 3.8) is 0 Å². The fourth-order valence-corrected chi connectivity index (χ4v) is 1.87. The maximum absolute atomic E-state index is 11.7. The quantitative estimate of drug-likeness (QED) is 0.745. The van der Waals surface area contributed by atoms with Crippen LogP contribution < -0.4 is 16.4 Å². The summed E-state index contributed by atoms with van der Waals surface area (Å²) in [5.74, 6) is 0.137. The summed E-state index contributed by atoms with van der Waals surface area (Å²) in [6.07, 6.45) is 0. The molecule has 2 amide bonds. The lowest BCUT2D eigenvalue weighted by molar-refractivity contribution is 0.248. The molecular formula is C12H16ClN3OS. The second-order valence-corrected chi connectivity index (χ2v) is 5.14. The van der Waals surface area contributed by atoms with Gasteiger partial charge < -0.3 is 16.4 Å². The number of amides is 2. The second-order valence-electron chi connectivity index (χ2n) is 4.23. The van der Waals surface area contributed by atoms with Crippen molar-refractivity contribution in [1.29, 1.82) is 0 Å². The number of hydrogen-bond donors (Lipinski definition) is 3. The zero-order valence-corrected chi connectivity index (χ0v) is 11.8. The Kier molecular flexibility index (Phi) is 5.37. The van der Waals surface area contributed by atoms with Gasteiger partial charge in [-0.05, 0) is 30.2 Å². The Morgan fingerprint density at radius 1 is 1.33 bits per heavy atom. The van der Waals surface area contributed by atoms with E-state index in [1.165, 1.54) is 0 Å². The number of anilines is 1. The van der Waals surface area contributed by atoms with Gasteiger partial charge in [0.2, 0.25) is 0 Å². The molecule has 98 valence electrons. The molecule has 0 aliphatic heterocycles. The average Bonchev–Trinajstić information content (AvgIpc) is 2.28. The molecule has 1 unspecified atom stereocenters. The van der Waals surface area contributed by atoms with E-state index >= 15 is 0 Å². The van der Waals surface area contributed by atoms with Gasteiger partial charge >= 0.3 is 6.03 Å². The number of rotatable bonds is 4. The van der Waals surface area contributed by atoms with Crippen LogP contribution in [0.15, 0.2) is 24.3 Å². The third-order valence-electron chi connectivity index (χ3n) is 2.36. The van der Waals surface area contributed by atoms with E-state index in [0.29, 0.717) is 10.7 Å². The van der Waals surface area contributed by atoms with Crippen molar-refractivity contribution in [3.05, 3.63) is 29.3 Å². The molecule has 1 aromatic rings. The van der Waals surface area contributed by atoms with Crippen LogP contribution in [0.2, 0.25) is 5.02 Å². The molecule has 0 bridgehead atoms. The second kappa shape index (κ2) is 6.56. The molecule has 0 spiro atoms. The molecule has 0 aromatic heterocycles. The highest BCUT2D eigenvalue weighted by Crippen LogP contribution is 2.13. The summed E-state index contributed by atoms with van der Waals surface area (Å²) in [5.41, 5.74) is 6.23. The minimum Gasteiger partial charge on any atom is -0.392 e. The summed E-state index contributed by atoms with van der Waals surface area (Å²) >= 11 is 10.7. The minimum atomic E-state index is -0.344. The number of benzene rings is 1. The minimum absolute atomic E-state index is 0.137. The highest BCUT2D eigenvalue weighted by Gasteiger charge is 2.18. The number of hydrogen-bond acceptors (Lipinski definition) is 2. The van der Waals surface area contributed by atoms with E-state index in [1.807, 2.05) is 13.8 Å². The van der Waals surface area contributed by atoms with E-state index in [0.717, 1.165) is 0 Å². The van der Waals surface area contributed by atoms with E-state index in [-0.39, 0.29) is 23.0 Å². The molecular weight excluding hydrogens is 270 g/mol. The lowest BCUT2D eigenvalue weighted by Crippen LogP contribution is -2.48. The van der Waals surface area contributed by atoms with Gasteiger partial charge in [-0.2, -0.15) is 0 Å². The number of thiocarbonyl (C=S) groups is 1. The van der Waals surface area contributed by atoms with Crippen molar-refractivity contribution < 1.29 is 4.79 Å². The van der Waals surface area contributed by atoms with Crippen LogP contribution in [-0.4, -0.2) is 17.1 Å². The summed E-state index contributed by atoms with van der Waals surface area (Å²) in [6.45, 7) is 3.87. The van der Waals surface area contributed by atoms with Crippen molar-refractivity contribution in [2.24, 2.45) is 11.7 Å². The highest BCUT2D eigenvalue weighted by atomic mass is 35.5. The molecule has 1 atom stereocenters. The van der Waals surface area contributed by atoms with Gasteiger partial charge in [-0.15, -0.1) is 0 Å². The number of carbonyl (C=O) groups excluding carboxylic acids is 1. The van der Waals surface area contributed by atoms with E-state index in [2.05, 4.69) is 10.6 Å². The van der Waals surface area contributed by atoms with Gasteiger partial charge in [-0.25, -0.2) is 4.79 Å². The Morgan fingerprint density at radius 2 is 1.89 bits per heavy atom. The van der Waals surface area contributed by atoms with Crippen LogP contribution in [0, 0.1) is 5.92 Å². The summed E-state index contributed by atoms with van der Waals surface area (Å²) in [6, 6.07) is 6.16. The molecule has 1 rings (SSSR count). The Hall–Kier alpha value is -1.33. The number of nitrogens with one attached hydrogen (secondary N) is 2. The van der Waals surface area contributed by atoms with Gasteiger partial charge in [-0.3, -0.25) is 0 Å². The van der Waals surface area contributed by atoms with Crippen molar-refractivity contribution in [1.82, 2.24) is 5.32 Å². The molecule has 4 N–H and O–H groups in total. The molecule has 0 heterocycles. The Bertz CT molecular complexity index is 433. The molecule has 0 fully saturated rings. The zero-order chi connectivity index (χ0) is 13.7. The number of carbonyl (C=O) groups is 1. The predicted octanol–water partition coefficient (Wildman–Crippen LogP) is 2.77. The first kappa shape index (κ1) is 14.7. The van der Waals surface area contributed by atoms with Crippen LogP contribution in [0.4, 0.5) is 10.5 Å². The SMILES string of the molecule is CC(C)C(NC(=O)Nc1ccc(Cl)cc1)C(N)=S. The smallest absolute Gasteiger partial charge is 0.319 e. The fourth-order valence-electron chi connectivity index (χ4n) is 1.41. The van der Waals surface area contributed by atoms with E-state index < -0.39 is 0 Å². The normalized spacial score (nSPS) is 12.0. The molecule has 0 saturated carbocycles.